The zero-order valence-electron chi connectivity index (χ0n) is 11.6. The predicted octanol–water partition coefficient (Wildman–Crippen LogP) is 2.35. The van der Waals surface area contributed by atoms with Crippen molar-refractivity contribution >= 4 is 5.91 Å². The number of nitrogens with zero attached hydrogens (tertiary/aromatic N) is 1. The molecule has 2 unspecified atom stereocenters. The second-order valence-electron chi connectivity index (χ2n) is 5.78. The second-order valence-corrected chi connectivity index (χ2v) is 5.78. The first-order valence-corrected chi connectivity index (χ1v) is 7.36. The van der Waals surface area contributed by atoms with E-state index in [4.69, 9.17) is 0 Å². The third kappa shape index (κ3) is 2.52. The Hall–Kier alpha value is -1.35. The van der Waals surface area contributed by atoms with Gasteiger partial charge in [-0.2, -0.15) is 0 Å². The summed E-state index contributed by atoms with van der Waals surface area (Å²) < 4.78 is 0. The molecular weight excluding hydrogens is 236 g/mol. The van der Waals surface area contributed by atoms with Crippen molar-refractivity contribution in [2.45, 2.75) is 44.7 Å². The van der Waals surface area contributed by atoms with Crippen LogP contribution >= 0.6 is 0 Å². The van der Waals surface area contributed by atoms with Gasteiger partial charge in [0.25, 0.3) is 5.91 Å². The molecule has 3 heteroatoms. The molecule has 0 radical (unpaired) electrons. The summed E-state index contributed by atoms with van der Waals surface area (Å²) in [5, 5.41) is 3.25. The molecule has 0 spiro atoms. The molecule has 102 valence electrons. The van der Waals surface area contributed by atoms with E-state index in [1.165, 1.54) is 25.8 Å². The highest BCUT2D eigenvalue weighted by molar-refractivity contribution is 5.95. The lowest BCUT2D eigenvalue weighted by Crippen LogP contribution is -2.46. The molecule has 0 aliphatic carbocycles. The summed E-state index contributed by atoms with van der Waals surface area (Å²) in [5.74, 6) is 0.0931. The van der Waals surface area contributed by atoms with Crippen molar-refractivity contribution in [3.63, 3.8) is 0 Å². The number of hydrogen-bond donors (Lipinski definition) is 1. The van der Waals surface area contributed by atoms with Crippen molar-refractivity contribution in [2.75, 3.05) is 13.1 Å². The maximum Gasteiger partial charge on any atom is 0.251 e. The summed E-state index contributed by atoms with van der Waals surface area (Å²) >= 11 is 0. The van der Waals surface area contributed by atoms with E-state index in [0.717, 1.165) is 24.1 Å². The van der Waals surface area contributed by atoms with E-state index in [1.54, 1.807) is 0 Å². The molecule has 2 saturated heterocycles. The van der Waals surface area contributed by atoms with Crippen LogP contribution in [0.15, 0.2) is 24.3 Å². The van der Waals surface area contributed by atoms with E-state index in [9.17, 15) is 4.79 Å². The van der Waals surface area contributed by atoms with E-state index in [2.05, 4.69) is 10.2 Å². The number of nitrogens with one attached hydrogen (secondary N) is 1. The van der Waals surface area contributed by atoms with Crippen LogP contribution < -0.4 is 5.32 Å². The van der Waals surface area contributed by atoms with Crippen LogP contribution in [-0.4, -0.2) is 36.0 Å². The van der Waals surface area contributed by atoms with Crippen LogP contribution in [0.5, 0.6) is 0 Å². The Morgan fingerprint density at radius 3 is 2.89 bits per heavy atom. The fourth-order valence-electron chi connectivity index (χ4n) is 3.49. The molecule has 1 aromatic rings. The summed E-state index contributed by atoms with van der Waals surface area (Å²) in [4.78, 5) is 14.9. The maximum absolute atomic E-state index is 12.4. The number of amides is 1. The standard InChI is InChI=1S/C16H22N2O/c1-12-6-2-3-7-13(12)16(19)17-14-9-11-18-10-5-4-8-15(14)18/h2-3,6-7,14-15H,4-5,8-11H2,1H3,(H,17,19). The van der Waals surface area contributed by atoms with Gasteiger partial charge in [-0.25, -0.2) is 0 Å². The van der Waals surface area contributed by atoms with Crippen LogP contribution in [0.25, 0.3) is 0 Å². The Morgan fingerprint density at radius 2 is 2.05 bits per heavy atom. The van der Waals surface area contributed by atoms with Gasteiger partial charge in [0, 0.05) is 24.2 Å². The van der Waals surface area contributed by atoms with Gasteiger partial charge in [0.05, 0.1) is 0 Å². The van der Waals surface area contributed by atoms with Gasteiger partial charge in [0.2, 0.25) is 0 Å². The fourth-order valence-corrected chi connectivity index (χ4v) is 3.49. The summed E-state index contributed by atoms with van der Waals surface area (Å²) in [5.41, 5.74) is 1.87. The van der Waals surface area contributed by atoms with E-state index in [1.807, 2.05) is 31.2 Å². The van der Waals surface area contributed by atoms with Crippen molar-refractivity contribution < 1.29 is 4.79 Å². The maximum atomic E-state index is 12.4. The van der Waals surface area contributed by atoms with E-state index in [-0.39, 0.29) is 5.91 Å². The van der Waals surface area contributed by atoms with Crippen LogP contribution in [0.1, 0.15) is 41.6 Å². The van der Waals surface area contributed by atoms with Crippen LogP contribution in [0.3, 0.4) is 0 Å². The van der Waals surface area contributed by atoms with E-state index < -0.39 is 0 Å². The van der Waals surface area contributed by atoms with Crippen molar-refractivity contribution in [2.24, 2.45) is 0 Å². The molecule has 2 atom stereocenters. The van der Waals surface area contributed by atoms with Crippen LogP contribution in [-0.2, 0) is 0 Å². The summed E-state index contributed by atoms with van der Waals surface area (Å²) in [6, 6.07) is 8.73. The number of hydrogen-bond acceptors (Lipinski definition) is 2. The number of benzene rings is 1. The zero-order valence-corrected chi connectivity index (χ0v) is 11.6. The normalized spacial score (nSPS) is 27.0. The fraction of sp³-hybridized carbons (Fsp3) is 0.562. The Bertz CT molecular complexity index is 472. The number of aryl methyl sites for hydroxylation is 1. The lowest BCUT2D eigenvalue weighted by molar-refractivity contribution is 0.0914. The van der Waals surface area contributed by atoms with E-state index >= 15 is 0 Å². The second kappa shape index (κ2) is 5.33. The molecule has 1 N–H and O–H groups in total. The average molecular weight is 258 g/mol. The van der Waals surface area contributed by atoms with Gasteiger partial charge in [-0.1, -0.05) is 24.6 Å². The Labute approximate surface area is 115 Å². The molecule has 0 saturated carbocycles. The van der Waals surface area contributed by atoms with Gasteiger partial charge in [-0.3, -0.25) is 9.69 Å². The number of carbonyl (C=O) groups excluding carboxylic acids is 1. The minimum absolute atomic E-state index is 0.0931. The highest BCUT2D eigenvalue weighted by Crippen LogP contribution is 2.27. The van der Waals surface area contributed by atoms with Gasteiger partial charge < -0.3 is 5.32 Å². The molecule has 2 aliphatic heterocycles. The van der Waals surface area contributed by atoms with Crippen molar-refractivity contribution in [1.82, 2.24) is 10.2 Å². The van der Waals surface area contributed by atoms with Crippen molar-refractivity contribution in [3.8, 4) is 0 Å². The molecule has 2 heterocycles. The number of piperidine rings is 1. The molecule has 19 heavy (non-hydrogen) atoms. The largest absolute Gasteiger partial charge is 0.348 e. The molecule has 1 aromatic carbocycles. The highest BCUT2D eigenvalue weighted by Gasteiger charge is 2.36. The monoisotopic (exact) mass is 258 g/mol. The third-order valence-electron chi connectivity index (χ3n) is 4.56. The lowest BCUT2D eigenvalue weighted by atomic mass is 9.98. The molecular formula is C16H22N2O. The highest BCUT2D eigenvalue weighted by atomic mass is 16.1. The van der Waals surface area contributed by atoms with Gasteiger partial charge >= 0.3 is 0 Å². The molecule has 2 fully saturated rings. The molecule has 3 rings (SSSR count). The first-order chi connectivity index (χ1) is 9.25. The van der Waals surface area contributed by atoms with Gasteiger partial charge in [0.15, 0.2) is 0 Å². The smallest absolute Gasteiger partial charge is 0.251 e. The van der Waals surface area contributed by atoms with Gasteiger partial charge in [-0.05, 0) is 44.4 Å². The number of rotatable bonds is 2. The van der Waals surface area contributed by atoms with E-state index in [0.29, 0.717) is 12.1 Å². The molecule has 0 aromatic heterocycles. The summed E-state index contributed by atoms with van der Waals surface area (Å²) in [7, 11) is 0. The zero-order chi connectivity index (χ0) is 13.2. The first-order valence-electron chi connectivity index (χ1n) is 7.36. The van der Waals surface area contributed by atoms with Crippen molar-refractivity contribution in [1.29, 1.82) is 0 Å². The minimum atomic E-state index is 0.0931. The molecule has 0 bridgehead atoms. The summed E-state index contributed by atoms with van der Waals surface area (Å²) in [6.45, 7) is 4.35. The predicted molar refractivity (Wildman–Crippen MR) is 76.3 cm³/mol. The number of carbonyl (C=O) groups is 1. The van der Waals surface area contributed by atoms with Crippen LogP contribution in [0.2, 0.25) is 0 Å². The van der Waals surface area contributed by atoms with Crippen LogP contribution in [0.4, 0.5) is 0 Å². The van der Waals surface area contributed by atoms with Gasteiger partial charge in [-0.15, -0.1) is 0 Å². The molecule has 2 aliphatic rings. The van der Waals surface area contributed by atoms with Crippen molar-refractivity contribution in [3.05, 3.63) is 35.4 Å². The Kier molecular flexibility index (Phi) is 3.56. The minimum Gasteiger partial charge on any atom is -0.348 e. The Balaban J connectivity index is 1.68. The first kappa shape index (κ1) is 12.7. The average Bonchev–Trinajstić information content (AvgIpc) is 2.83. The lowest BCUT2D eigenvalue weighted by Gasteiger charge is -2.32. The topological polar surface area (TPSA) is 32.3 Å². The number of fused-ring (bicyclic) bond motifs is 1. The quantitative estimate of drug-likeness (QED) is 0.883. The summed E-state index contributed by atoms with van der Waals surface area (Å²) in [6.07, 6.45) is 4.95. The molecule has 3 nitrogen and oxygen atoms in total. The van der Waals surface area contributed by atoms with Gasteiger partial charge in [0.1, 0.15) is 0 Å². The van der Waals surface area contributed by atoms with Crippen LogP contribution in [0, 0.1) is 6.92 Å². The third-order valence-corrected chi connectivity index (χ3v) is 4.56. The Morgan fingerprint density at radius 1 is 1.21 bits per heavy atom. The SMILES string of the molecule is Cc1ccccc1C(=O)NC1CCN2CCCCC12. The molecule has 1 amide bonds.